The molecule has 0 unspecified atom stereocenters. The van der Waals surface area contributed by atoms with Crippen molar-refractivity contribution in [3.63, 3.8) is 0 Å². The molecular formula is C17H23N3O6. The molecule has 2 aliphatic heterocycles. The molecule has 0 aromatic heterocycles. The van der Waals surface area contributed by atoms with Crippen molar-refractivity contribution in [1.82, 2.24) is 14.9 Å². The molecule has 0 aromatic carbocycles. The van der Waals surface area contributed by atoms with Crippen LogP contribution in [0.5, 0.6) is 0 Å². The number of nitrogens with zero attached hydrogens (tertiary/aromatic N) is 3. The quantitative estimate of drug-likeness (QED) is 0.510. The van der Waals surface area contributed by atoms with Gasteiger partial charge in [-0.1, -0.05) is 18.7 Å². The second kappa shape index (κ2) is 8.29. The van der Waals surface area contributed by atoms with Gasteiger partial charge in [0.25, 0.3) is 0 Å². The van der Waals surface area contributed by atoms with E-state index in [9.17, 15) is 19.5 Å². The Morgan fingerprint density at radius 1 is 1.38 bits per heavy atom. The zero-order chi connectivity index (χ0) is 19.3. The van der Waals surface area contributed by atoms with Crippen LogP contribution in [-0.4, -0.2) is 89.1 Å². The summed E-state index contributed by atoms with van der Waals surface area (Å²) in [5.74, 6) is 1.35. The number of rotatable bonds is 6. The van der Waals surface area contributed by atoms with Gasteiger partial charge >= 0.3 is 6.09 Å². The number of hydrogen-bond donors (Lipinski definition) is 1. The third-order valence-corrected chi connectivity index (χ3v) is 4.46. The highest BCUT2D eigenvalue weighted by molar-refractivity contribution is 5.85. The first kappa shape index (κ1) is 19.9. The minimum Gasteiger partial charge on any atom is -0.445 e. The number of hydroxylamine groups is 2. The molecule has 0 radical (unpaired) electrons. The molecule has 2 amide bonds. The number of piperazine rings is 1. The second-order valence-electron chi connectivity index (χ2n) is 6.03. The summed E-state index contributed by atoms with van der Waals surface area (Å²) < 4.78 is 4.94. The fourth-order valence-corrected chi connectivity index (χ4v) is 3.15. The van der Waals surface area contributed by atoms with Crippen LogP contribution in [0, 0.1) is 0 Å². The lowest BCUT2D eigenvalue weighted by Crippen LogP contribution is -2.64. The predicted octanol–water partition coefficient (Wildman–Crippen LogP) is -0.278. The van der Waals surface area contributed by atoms with E-state index >= 15 is 0 Å². The predicted molar refractivity (Wildman–Crippen MR) is 91.3 cm³/mol. The van der Waals surface area contributed by atoms with Gasteiger partial charge in [-0.2, -0.15) is 5.06 Å². The zero-order valence-corrected chi connectivity index (χ0v) is 14.7. The highest BCUT2D eigenvalue weighted by atomic mass is 16.7. The molecule has 0 aliphatic carbocycles. The summed E-state index contributed by atoms with van der Waals surface area (Å²) in [6.07, 6.45) is 1.24. The SMILES string of the molecule is C=CCOC(=O)N1CCN([C@]2(C)C(=C=O)[C@@H](O)CN2OCC=C)C(=O)C1. The lowest BCUT2D eigenvalue weighted by atomic mass is 9.99. The summed E-state index contributed by atoms with van der Waals surface area (Å²) in [6.45, 7) is 9.01. The smallest absolute Gasteiger partial charge is 0.410 e. The van der Waals surface area contributed by atoms with E-state index in [1.54, 1.807) is 12.9 Å². The van der Waals surface area contributed by atoms with Crippen molar-refractivity contribution in [3.8, 4) is 0 Å². The van der Waals surface area contributed by atoms with E-state index in [0.717, 1.165) is 0 Å². The number of carbonyl (C=O) groups excluding carboxylic acids is 3. The maximum Gasteiger partial charge on any atom is 0.410 e. The molecule has 2 heterocycles. The monoisotopic (exact) mass is 365 g/mol. The molecule has 2 aliphatic rings. The van der Waals surface area contributed by atoms with Crippen molar-refractivity contribution < 1.29 is 29.1 Å². The normalized spacial score (nSPS) is 26.6. The molecule has 0 bridgehead atoms. The molecule has 2 saturated heterocycles. The number of ether oxygens (including phenoxy) is 1. The Hall–Kier alpha value is -2.45. The first-order valence-electron chi connectivity index (χ1n) is 8.18. The van der Waals surface area contributed by atoms with Crippen molar-refractivity contribution in [1.29, 1.82) is 0 Å². The van der Waals surface area contributed by atoms with E-state index in [2.05, 4.69) is 13.2 Å². The van der Waals surface area contributed by atoms with Gasteiger partial charge < -0.3 is 14.7 Å². The van der Waals surface area contributed by atoms with Gasteiger partial charge in [-0.3, -0.25) is 14.5 Å². The molecule has 1 N–H and O–H groups in total. The number of amides is 2. The van der Waals surface area contributed by atoms with Crippen LogP contribution in [0.1, 0.15) is 6.92 Å². The highest BCUT2D eigenvalue weighted by Crippen LogP contribution is 2.37. The van der Waals surface area contributed by atoms with Gasteiger partial charge in [-0.15, -0.1) is 6.58 Å². The van der Waals surface area contributed by atoms with E-state index in [-0.39, 0.29) is 45.0 Å². The van der Waals surface area contributed by atoms with Gasteiger partial charge in [-0.25, -0.2) is 9.59 Å². The molecular weight excluding hydrogens is 342 g/mol. The average molecular weight is 365 g/mol. The Balaban J connectivity index is 2.20. The van der Waals surface area contributed by atoms with E-state index in [1.807, 2.05) is 0 Å². The van der Waals surface area contributed by atoms with Crippen LogP contribution in [-0.2, 0) is 19.2 Å². The average Bonchev–Trinajstić information content (AvgIpc) is 2.87. The van der Waals surface area contributed by atoms with Gasteiger partial charge in [0.15, 0.2) is 5.66 Å². The highest BCUT2D eigenvalue weighted by Gasteiger charge is 2.54. The lowest BCUT2D eigenvalue weighted by molar-refractivity contribution is -0.228. The van der Waals surface area contributed by atoms with Crippen LogP contribution in [0.25, 0.3) is 0 Å². The Bertz CT molecular complexity index is 644. The van der Waals surface area contributed by atoms with E-state index in [0.29, 0.717) is 0 Å². The molecule has 142 valence electrons. The van der Waals surface area contributed by atoms with Crippen LogP contribution in [0.4, 0.5) is 4.79 Å². The largest absolute Gasteiger partial charge is 0.445 e. The maximum atomic E-state index is 12.7. The zero-order valence-electron chi connectivity index (χ0n) is 14.7. The number of aliphatic hydroxyl groups excluding tert-OH is 1. The van der Waals surface area contributed by atoms with Gasteiger partial charge in [0, 0.05) is 13.1 Å². The first-order chi connectivity index (χ1) is 12.4. The molecule has 2 atom stereocenters. The standard InChI is InChI=1S/C17H23N3O6/c1-4-8-25-16(24)18-6-7-19(15(23)11-18)17(3)13(12-21)14(22)10-20(17)26-9-5-2/h4-5,14,22H,1-2,6-11H2,3H3/t14-,17-/m0/s1. The summed E-state index contributed by atoms with van der Waals surface area (Å²) in [4.78, 5) is 44.3. The number of β-amino-alcohol motifs (C(OH)–C–C–N with tert-alkyl or cyclic N) is 1. The molecule has 0 aromatic rings. The summed E-state index contributed by atoms with van der Waals surface area (Å²) in [5.41, 5.74) is -1.28. The lowest BCUT2D eigenvalue weighted by Gasteiger charge is -2.46. The minimum absolute atomic E-state index is 0.0117. The van der Waals surface area contributed by atoms with Crippen molar-refractivity contribution in [2.24, 2.45) is 0 Å². The van der Waals surface area contributed by atoms with Crippen molar-refractivity contribution >= 4 is 17.9 Å². The molecule has 26 heavy (non-hydrogen) atoms. The van der Waals surface area contributed by atoms with Gasteiger partial charge in [0.1, 0.15) is 25.2 Å². The summed E-state index contributed by atoms with van der Waals surface area (Å²) in [5, 5.41) is 11.5. The maximum absolute atomic E-state index is 12.7. The number of hydrogen-bond acceptors (Lipinski definition) is 7. The summed E-state index contributed by atoms with van der Waals surface area (Å²) in [6, 6.07) is 0. The topological polar surface area (TPSA) is 99.6 Å². The van der Waals surface area contributed by atoms with Crippen molar-refractivity contribution in [3.05, 3.63) is 30.9 Å². The molecule has 0 spiro atoms. The van der Waals surface area contributed by atoms with Crippen LogP contribution < -0.4 is 0 Å². The molecule has 0 saturated carbocycles. The third kappa shape index (κ3) is 3.56. The van der Waals surface area contributed by atoms with Crippen LogP contribution in [0.3, 0.4) is 0 Å². The fraction of sp³-hybridized carbons (Fsp3) is 0.529. The Kier molecular flexibility index (Phi) is 6.33. The summed E-state index contributed by atoms with van der Waals surface area (Å²) >= 11 is 0. The van der Waals surface area contributed by atoms with E-state index in [4.69, 9.17) is 9.57 Å². The minimum atomic E-state index is -1.29. The molecule has 9 nitrogen and oxygen atoms in total. The second-order valence-corrected chi connectivity index (χ2v) is 6.03. The van der Waals surface area contributed by atoms with E-state index < -0.39 is 23.8 Å². The summed E-state index contributed by atoms with van der Waals surface area (Å²) in [7, 11) is 0. The van der Waals surface area contributed by atoms with Crippen molar-refractivity contribution in [2.45, 2.75) is 18.7 Å². The molecule has 2 rings (SSSR count). The first-order valence-corrected chi connectivity index (χ1v) is 8.18. The third-order valence-electron chi connectivity index (χ3n) is 4.46. The van der Waals surface area contributed by atoms with E-state index in [1.165, 1.54) is 27.0 Å². The molecule has 9 heteroatoms. The van der Waals surface area contributed by atoms with Gasteiger partial charge in [-0.05, 0) is 6.92 Å². The van der Waals surface area contributed by atoms with Crippen LogP contribution in [0.15, 0.2) is 30.9 Å². The van der Waals surface area contributed by atoms with Crippen molar-refractivity contribution in [2.75, 3.05) is 39.4 Å². The number of aliphatic hydroxyl groups is 1. The fourth-order valence-electron chi connectivity index (χ4n) is 3.15. The Labute approximate surface area is 151 Å². The Morgan fingerprint density at radius 2 is 2.08 bits per heavy atom. The van der Waals surface area contributed by atoms with Crippen LogP contribution in [0.2, 0.25) is 0 Å². The Morgan fingerprint density at radius 3 is 2.65 bits per heavy atom. The number of carbonyl (C=O) groups is 2. The van der Waals surface area contributed by atoms with Crippen LogP contribution >= 0.6 is 0 Å². The van der Waals surface area contributed by atoms with Gasteiger partial charge in [0.2, 0.25) is 5.91 Å². The van der Waals surface area contributed by atoms with Gasteiger partial charge in [0.05, 0.1) is 18.7 Å². The molecule has 2 fully saturated rings.